The number of carbonyl (C=O) groups is 1. The molecule has 1 saturated heterocycles. The Morgan fingerprint density at radius 1 is 0.857 bits per heavy atom. The summed E-state index contributed by atoms with van der Waals surface area (Å²) in [7, 11) is 0. The molecular formula is C27H26F4N2OS. The number of likely N-dealkylation sites (tertiary alicyclic amines) is 1. The van der Waals surface area contributed by atoms with Gasteiger partial charge in [-0.25, -0.2) is 17.6 Å². The average Bonchev–Trinajstić information content (AvgIpc) is 2.86. The molecule has 1 N–H and O–H groups in total. The predicted octanol–water partition coefficient (Wildman–Crippen LogP) is 5.96. The van der Waals surface area contributed by atoms with Crippen LogP contribution in [0, 0.1) is 23.3 Å². The highest BCUT2D eigenvalue weighted by molar-refractivity contribution is 7.99. The van der Waals surface area contributed by atoms with Gasteiger partial charge in [-0.05, 0) is 60.4 Å². The molecule has 1 heterocycles. The zero-order chi connectivity index (χ0) is 24.8. The molecular weight excluding hydrogens is 476 g/mol. The van der Waals surface area contributed by atoms with Crippen LogP contribution in [-0.2, 0) is 0 Å². The van der Waals surface area contributed by atoms with Crippen LogP contribution in [-0.4, -0.2) is 42.2 Å². The number of hydrogen-bond acceptors (Lipinski definition) is 3. The Morgan fingerprint density at radius 3 is 1.94 bits per heavy atom. The highest BCUT2D eigenvalue weighted by Gasteiger charge is 2.25. The summed E-state index contributed by atoms with van der Waals surface area (Å²) in [6, 6.07) is 15.9. The lowest BCUT2D eigenvalue weighted by atomic mass is 10.0. The van der Waals surface area contributed by atoms with Crippen LogP contribution in [0.3, 0.4) is 0 Å². The second kappa shape index (κ2) is 11.7. The van der Waals surface area contributed by atoms with Gasteiger partial charge in [0, 0.05) is 37.5 Å². The lowest BCUT2D eigenvalue weighted by molar-refractivity contribution is 0.0701. The molecule has 0 spiro atoms. The van der Waals surface area contributed by atoms with E-state index in [-0.39, 0.29) is 28.5 Å². The zero-order valence-electron chi connectivity index (χ0n) is 19.0. The highest BCUT2D eigenvalue weighted by Crippen LogP contribution is 2.35. The third kappa shape index (κ3) is 6.64. The predicted molar refractivity (Wildman–Crippen MR) is 130 cm³/mol. The Kier molecular flexibility index (Phi) is 8.46. The van der Waals surface area contributed by atoms with Gasteiger partial charge in [-0.1, -0.05) is 24.3 Å². The second-order valence-electron chi connectivity index (χ2n) is 8.50. The lowest BCUT2D eigenvalue weighted by Crippen LogP contribution is -2.45. The molecule has 3 aromatic rings. The van der Waals surface area contributed by atoms with E-state index in [9.17, 15) is 22.4 Å². The number of piperidine rings is 1. The molecule has 184 valence electrons. The van der Waals surface area contributed by atoms with Crippen LogP contribution < -0.4 is 5.32 Å². The van der Waals surface area contributed by atoms with Gasteiger partial charge >= 0.3 is 0 Å². The molecule has 3 aromatic carbocycles. The first kappa shape index (κ1) is 25.3. The molecule has 8 heteroatoms. The molecule has 0 unspecified atom stereocenters. The van der Waals surface area contributed by atoms with Crippen LogP contribution >= 0.6 is 11.8 Å². The molecule has 1 aliphatic heterocycles. The number of halogens is 4. The highest BCUT2D eigenvalue weighted by atomic mass is 32.2. The molecule has 0 atom stereocenters. The van der Waals surface area contributed by atoms with Crippen molar-refractivity contribution in [1.82, 2.24) is 10.2 Å². The number of carbonyl (C=O) groups excluding carboxylic acids is 1. The van der Waals surface area contributed by atoms with E-state index in [1.165, 1.54) is 30.3 Å². The van der Waals surface area contributed by atoms with Gasteiger partial charge in [-0.2, -0.15) is 0 Å². The summed E-state index contributed by atoms with van der Waals surface area (Å²) in [5.74, 6) is -1.79. The summed E-state index contributed by atoms with van der Waals surface area (Å²) in [5, 5.41) is 3.46. The van der Waals surface area contributed by atoms with Gasteiger partial charge in [-0.3, -0.25) is 4.79 Å². The monoisotopic (exact) mass is 502 g/mol. The van der Waals surface area contributed by atoms with Crippen molar-refractivity contribution >= 4 is 17.7 Å². The van der Waals surface area contributed by atoms with Crippen molar-refractivity contribution in [3.8, 4) is 0 Å². The van der Waals surface area contributed by atoms with Crippen molar-refractivity contribution in [3.63, 3.8) is 0 Å². The summed E-state index contributed by atoms with van der Waals surface area (Å²) in [4.78, 5) is 14.2. The third-order valence-electron chi connectivity index (χ3n) is 6.11. The number of benzene rings is 3. The topological polar surface area (TPSA) is 32.3 Å². The van der Waals surface area contributed by atoms with Gasteiger partial charge in [0.05, 0.1) is 10.8 Å². The average molecular weight is 503 g/mol. The van der Waals surface area contributed by atoms with Crippen molar-refractivity contribution in [2.24, 2.45) is 0 Å². The van der Waals surface area contributed by atoms with E-state index >= 15 is 0 Å². The van der Waals surface area contributed by atoms with Crippen molar-refractivity contribution < 1.29 is 22.4 Å². The van der Waals surface area contributed by atoms with Crippen LogP contribution in [0.25, 0.3) is 0 Å². The van der Waals surface area contributed by atoms with Crippen LogP contribution in [0.15, 0.2) is 66.7 Å². The van der Waals surface area contributed by atoms with E-state index in [2.05, 4.69) is 5.32 Å². The number of thioether (sulfide) groups is 1. The molecule has 0 saturated carbocycles. The maximum absolute atomic E-state index is 13.9. The maximum atomic E-state index is 13.9. The molecule has 0 aliphatic carbocycles. The van der Waals surface area contributed by atoms with E-state index in [0.29, 0.717) is 13.1 Å². The van der Waals surface area contributed by atoms with Crippen LogP contribution in [0.4, 0.5) is 17.6 Å². The molecule has 0 radical (unpaired) electrons. The minimum Gasteiger partial charge on any atom is -0.338 e. The van der Waals surface area contributed by atoms with E-state index < -0.39 is 17.5 Å². The number of rotatable bonds is 8. The summed E-state index contributed by atoms with van der Waals surface area (Å²) >= 11 is 1.69. The van der Waals surface area contributed by atoms with Gasteiger partial charge in [0.25, 0.3) is 5.91 Å². The van der Waals surface area contributed by atoms with Crippen molar-refractivity contribution in [3.05, 3.63) is 107 Å². The van der Waals surface area contributed by atoms with E-state index in [1.807, 2.05) is 0 Å². The summed E-state index contributed by atoms with van der Waals surface area (Å²) in [6.45, 7) is 1.72. The Morgan fingerprint density at radius 2 is 1.40 bits per heavy atom. The third-order valence-corrected chi connectivity index (χ3v) is 7.43. The lowest BCUT2D eigenvalue weighted by Gasteiger charge is -2.32. The molecule has 1 aliphatic rings. The molecule has 35 heavy (non-hydrogen) atoms. The molecule has 3 nitrogen and oxygen atoms in total. The quantitative estimate of drug-likeness (QED) is 0.305. The number of amides is 1. The summed E-state index contributed by atoms with van der Waals surface area (Å²) < 4.78 is 53.9. The normalized spacial score (nSPS) is 14.5. The van der Waals surface area contributed by atoms with Gasteiger partial charge in [0.2, 0.25) is 0 Å². The Bertz CT molecular complexity index is 1090. The van der Waals surface area contributed by atoms with Gasteiger partial charge in [0.1, 0.15) is 23.3 Å². The minimum atomic E-state index is -0.843. The van der Waals surface area contributed by atoms with Crippen molar-refractivity contribution in [1.29, 1.82) is 0 Å². The first-order chi connectivity index (χ1) is 16.9. The molecule has 4 rings (SSSR count). The molecule has 1 amide bonds. The fourth-order valence-corrected chi connectivity index (χ4v) is 5.39. The van der Waals surface area contributed by atoms with Crippen LogP contribution in [0.1, 0.15) is 39.6 Å². The van der Waals surface area contributed by atoms with Gasteiger partial charge in [-0.15, -0.1) is 11.8 Å². The largest absolute Gasteiger partial charge is 0.338 e. The maximum Gasteiger partial charge on any atom is 0.256 e. The van der Waals surface area contributed by atoms with Crippen LogP contribution in [0.5, 0.6) is 0 Å². The minimum absolute atomic E-state index is 0.0527. The van der Waals surface area contributed by atoms with Gasteiger partial charge in [0.15, 0.2) is 0 Å². The Hall–Kier alpha value is -2.84. The van der Waals surface area contributed by atoms with E-state index in [0.717, 1.165) is 48.4 Å². The summed E-state index contributed by atoms with van der Waals surface area (Å²) in [5.41, 5.74) is 1.78. The van der Waals surface area contributed by atoms with Crippen molar-refractivity contribution in [2.45, 2.75) is 24.1 Å². The summed E-state index contributed by atoms with van der Waals surface area (Å²) in [6.07, 6.45) is 1.47. The van der Waals surface area contributed by atoms with E-state index in [4.69, 9.17) is 0 Å². The Balaban J connectivity index is 1.27. The smallest absolute Gasteiger partial charge is 0.256 e. The standard InChI is InChI=1S/C27H26F4N2OS/c28-20-5-1-18(2-6-20)26(19-3-7-21(29)8-4-19)35-16-13-32-23-11-14-33(15-12-23)27(34)24-10-9-22(30)17-25(24)31/h1-10,17,23,26,32H,11-16H2. The first-order valence-corrected chi connectivity index (χ1v) is 12.6. The zero-order valence-corrected chi connectivity index (χ0v) is 19.8. The number of nitrogens with one attached hydrogen (secondary N) is 1. The molecule has 0 bridgehead atoms. The van der Waals surface area contributed by atoms with Gasteiger partial charge < -0.3 is 10.2 Å². The van der Waals surface area contributed by atoms with E-state index in [1.54, 1.807) is 40.9 Å². The molecule has 0 aromatic heterocycles. The Labute approximate surface area is 206 Å². The number of nitrogens with zero attached hydrogens (tertiary/aromatic N) is 1. The fraction of sp³-hybridized carbons (Fsp3) is 0.296. The van der Waals surface area contributed by atoms with Crippen LogP contribution in [0.2, 0.25) is 0 Å². The van der Waals surface area contributed by atoms with Crippen molar-refractivity contribution in [2.75, 3.05) is 25.4 Å². The fourth-order valence-electron chi connectivity index (χ4n) is 4.22. The molecule has 1 fully saturated rings. The SMILES string of the molecule is O=C(c1ccc(F)cc1F)N1CCC(NCCSC(c2ccc(F)cc2)c2ccc(F)cc2)CC1. The first-order valence-electron chi connectivity index (χ1n) is 11.5. The number of hydrogen-bond donors (Lipinski definition) is 1. The second-order valence-corrected chi connectivity index (χ2v) is 9.71.